The summed E-state index contributed by atoms with van der Waals surface area (Å²) in [7, 11) is -3.49. The molecule has 0 radical (unpaired) electrons. The van der Waals surface area contributed by atoms with Crippen molar-refractivity contribution in [3.8, 4) is 5.75 Å². The number of hydrogen-bond acceptors (Lipinski definition) is 4. The van der Waals surface area contributed by atoms with Crippen LogP contribution in [0.1, 0.15) is 24.8 Å². The van der Waals surface area contributed by atoms with E-state index in [1.807, 2.05) is 0 Å². The molecular formula is C11H14O4S. The first-order valence-electron chi connectivity index (χ1n) is 4.83. The molecule has 0 aliphatic carbocycles. The zero-order valence-electron chi connectivity index (χ0n) is 9.17. The average molecular weight is 242 g/mol. The molecule has 4 nitrogen and oxygen atoms in total. The molecule has 0 aliphatic rings. The number of rotatable bonds is 4. The molecular weight excluding hydrogens is 228 g/mol. The van der Waals surface area contributed by atoms with E-state index < -0.39 is 9.84 Å². The average Bonchev–Trinajstić information content (AvgIpc) is 2.15. The van der Waals surface area contributed by atoms with Gasteiger partial charge in [-0.15, -0.1) is 0 Å². The highest BCUT2D eigenvalue weighted by atomic mass is 32.2. The number of aromatic hydroxyl groups is 1. The molecule has 1 aromatic carbocycles. The normalized spacial score (nSPS) is 13.4. The quantitative estimate of drug-likeness (QED) is 0.812. The molecule has 0 saturated carbocycles. The predicted octanol–water partition coefficient (Wildman–Crippen LogP) is 1.49. The number of aldehydes is 1. The SMILES string of the molecule is CC(CC=O)c1cccc(O)c1S(C)(=O)=O. The zero-order chi connectivity index (χ0) is 12.3. The fourth-order valence-corrected chi connectivity index (χ4v) is 2.75. The van der Waals surface area contributed by atoms with E-state index in [4.69, 9.17) is 0 Å². The summed E-state index contributed by atoms with van der Waals surface area (Å²) in [5.41, 5.74) is 0.481. The fraction of sp³-hybridized carbons (Fsp3) is 0.364. The van der Waals surface area contributed by atoms with Crippen LogP contribution >= 0.6 is 0 Å². The maximum absolute atomic E-state index is 11.5. The second-order valence-electron chi connectivity index (χ2n) is 3.77. The van der Waals surface area contributed by atoms with Crippen LogP contribution in [0.4, 0.5) is 0 Å². The molecule has 88 valence electrons. The van der Waals surface area contributed by atoms with Crippen LogP contribution < -0.4 is 0 Å². The summed E-state index contributed by atoms with van der Waals surface area (Å²) in [6.07, 6.45) is 2.01. The Morgan fingerprint density at radius 2 is 2.06 bits per heavy atom. The number of phenols is 1. The van der Waals surface area contributed by atoms with Crippen molar-refractivity contribution in [3.63, 3.8) is 0 Å². The molecule has 0 aromatic heterocycles. The van der Waals surface area contributed by atoms with Crippen LogP contribution in [0, 0.1) is 0 Å². The van der Waals surface area contributed by atoms with Crippen molar-refractivity contribution in [2.75, 3.05) is 6.26 Å². The topological polar surface area (TPSA) is 71.4 Å². The Morgan fingerprint density at radius 1 is 1.44 bits per heavy atom. The molecule has 0 fully saturated rings. The minimum Gasteiger partial charge on any atom is -0.507 e. The van der Waals surface area contributed by atoms with Crippen molar-refractivity contribution < 1.29 is 18.3 Å². The van der Waals surface area contributed by atoms with Crippen LogP contribution in [-0.2, 0) is 14.6 Å². The Bertz CT molecular complexity index is 491. The molecule has 16 heavy (non-hydrogen) atoms. The van der Waals surface area contributed by atoms with Gasteiger partial charge in [-0.2, -0.15) is 0 Å². The van der Waals surface area contributed by atoms with Crippen molar-refractivity contribution in [3.05, 3.63) is 23.8 Å². The standard InChI is InChI=1S/C11H14O4S/c1-8(6-7-12)9-4-3-5-10(13)11(9)16(2,14)15/h3-5,7-8,13H,6H2,1-2H3. The number of sulfone groups is 1. The third kappa shape index (κ3) is 2.61. The Kier molecular flexibility index (Phi) is 3.70. The highest BCUT2D eigenvalue weighted by Crippen LogP contribution is 2.32. The predicted molar refractivity (Wildman–Crippen MR) is 60.3 cm³/mol. The number of carbonyl (C=O) groups excluding carboxylic acids is 1. The minimum absolute atomic E-state index is 0.0793. The third-order valence-corrected chi connectivity index (χ3v) is 3.56. The number of hydrogen-bond donors (Lipinski definition) is 1. The second kappa shape index (κ2) is 4.65. The van der Waals surface area contributed by atoms with E-state index >= 15 is 0 Å². The lowest BCUT2D eigenvalue weighted by molar-refractivity contribution is -0.108. The maximum atomic E-state index is 11.5. The molecule has 0 heterocycles. The Morgan fingerprint density at radius 3 is 2.56 bits per heavy atom. The molecule has 0 bridgehead atoms. The lowest BCUT2D eigenvalue weighted by Gasteiger charge is -2.14. The molecule has 1 aromatic rings. The van der Waals surface area contributed by atoms with Crippen LogP contribution in [0.5, 0.6) is 5.75 Å². The maximum Gasteiger partial charge on any atom is 0.179 e. The van der Waals surface area contributed by atoms with Crippen molar-refractivity contribution in [1.29, 1.82) is 0 Å². The molecule has 0 aliphatic heterocycles. The van der Waals surface area contributed by atoms with Gasteiger partial charge < -0.3 is 9.90 Å². The van der Waals surface area contributed by atoms with Crippen LogP contribution in [0.25, 0.3) is 0 Å². The monoisotopic (exact) mass is 242 g/mol. The first-order valence-corrected chi connectivity index (χ1v) is 6.72. The van der Waals surface area contributed by atoms with Crippen molar-refractivity contribution >= 4 is 16.1 Å². The fourth-order valence-electron chi connectivity index (χ4n) is 1.61. The summed E-state index contributed by atoms with van der Waals surface area (Å²) in [6, 6.07) is 4.51. The van der Waals surface area contributed by atoms with Gasteiger partial charge in [-0.25, -0.2) is 8.42 Å². The molecule has 0 saturated heterocycles. The smallest absolute Gasteiger partial charge is 0.179 e. The number of benzene rings is 1. The summed E-state index contributed by atoms with van der Waals surface area (Å²) in [6.45, 7) is 1.75. The van der Waals surface area contributed by atoms with E-state index in [1.54, 1.807) is 19.1 Å². The third-order valence-electron chi connectivity index (χ3n) is 2.38. The molecule has 0 amide bonds. The van der Waals surface area contributed by atoms with Crippen LogP contribution in [0.2, 0.25) is 0 Å². The Hall–Kier alpha value is -1.36. The van der Waals surface area contributed by atoms with Crippen LogP contribution in [0.15, 0.2) is 23.1 Å². The highest BCUT2D eigenvalue weighted by molar-refractivity contribution is 7.90. The van der Waals surface area contributed by atoms with E-state index in [-0.39, 0.29) is 23.0 Å². The first-order chi connectivity index (χ1) is 7.38. The zero-order valence-corrected chi connectivity index (χ0v) is 9.99. The summed E-state index contributed by atoms with van der Waals surface area (Å²) < 4.78 is 23.1. The first kappa shape index (κ1) is 12.7. The number of phenolic OH excluding ortho intramolecular Hbond substituents is 1. The summed E-state index contributed by atoms with van der Waals surface area (Å²) >= 11 is 0. The summed E-state index contributed by atoms with van der Waals surface area (Å²) in [5, 5.41) is 9.58. The van der Waals surface area contributed by atoms with E-state index in [1.165, 1.54) is 6.07 Å². The van der Waals surface area contributed by atoms with Crippen LogP contribution in [0.3, 0.4) is 0 Å². The van der Waals surface area contributed by atoms with E-state index in [0.29, 0.717) is 5.56 Å². The molecule has 5 heteroatoms. The molecule has 1 unspecified atom stereocenters. The van der Waals surface area contributed by atoms with Gasteiger partial charge in [0, 0.05) is 12.7 Å². The van der Waals surface area contributed by atoms with E-state index in [9.17, 15) is 18.3 Å². The molecule has 1 atom stereocenters. The number of carbonyl (C=O) groups is 1. The van der Waals surface area contributed by atoms with Gasteiger partial charge in [0.2, 0.25) is 0 Å². The second-order valence-corrected chi connectivity index (χ2v) is 5.72. The van der Waals surface area contributed by atoms with Gasteiger partial charge in [0.15, 0.2) is 9.84 Å². The summed E-state index contributed by atoms with van der Waals surface area (Å²) in [5.74, 6) is -0.493. The van der Waals surface area contributed by atoms with Gasteiger partial charge in [0.1, 0.15) is 16.9 Å². The van der Waals surface area contributed by atoms with E-state index in [2.05, 4.69) is 0 Å². The largest absolute Gasteiger partial charge is 0.507 e. The van der Waals surface area contributed by atoms with Gasteiger partial charge in [-0.05, 0) is 17.5 Å². The molecule has 1 N–H and O–H groups in total. The highest BCUT2D eigenvalue weighted by Gasteiger charge is 2.21. The Labute approximate surface area is 94.8 Å². The van der Waals surface area contributed by atoms with Crippen molar-refractivity contribution in [2.45, 2.75) is 24.2 Å². The van der Waals surface area contributed by atoms with Gasteiger partial charge >= 0.3 is 0 Å². The molecule has 0 spiro atoms. The van der Waals surface area contributed by atoms with Crippen LogP contribution in [-0.4, -0.2) is 26.1 Å². The Balaban J connectivity index is 3.40. The van der Waals surface area contributed by atoms with E-state index in [0.717, 1.165) is 12.5 Å². The van der Waals surface area contributed by atoms with Gasteiger partial charge in [-0.3, -0.25) is 0 Å². The van der Waals surface area contributed by atoms with Crippen molar-refractivity contribution in [2.24, 2.45) is 0 Å². The van der Waals surface area contributed by atoms with Gasteiger partial charge in [-0.1, -0.05) is 19.1 Å². The van der Waals surface area contributed by atoms with Gasteiger partial charge in [0.05, 0.1) is 0 Å². The lowest BCUT2D eigenvalue weighted by Crippen LogP contribution is -2.06. The van der Waals surface area contributed by atoms with Gasteiger partial charge in [0.25, 0.3) is 0 Å². The molecule has 1 rings (SSSR count). The van der Waals surface area contributed by atoms with Crippen molar-refractivity contribution in [1.82, 2.24) is 0 Å². The summed E-state index contributed by atoms with van der Waals surface area (Å²) in [4.78, 5) is 10.3. The minimum atomic E-state index is -3.49. The lowest BCUT2D eigenvalue weighted by atomic mass is 9.98.